The van der Waals surface area contributed by atoms with Crippen LogP contribution in [0.2, 0.25) is 0 Å². The van der Waals surface area contributed by atoms with Crippen molar-refractivity contribution in [1.82, 2.24) is 14.9 Å². The molecule has 1 spiro atoms. The van der Waals surface area contributed by atoms with Crippen LogP contribution in [-0.4, -0.2) is 50.5 Å². The predicted octanol–water partition coefficient (Wildman–Crippen LogP) is 2.66. The molecule has 5 fully saturated rings. The molecule has 0 aromatic carbocycles. The fraction of sp³-hybridized carbons (Fsp3) is 0.667. The van der Waals surface area contributed by atoms with Crippen molar-refractivity contribution in [3.63, 3.8) is 0 Å². The van der Waals surface area contributed by atoms with Gasteiger partial charge in [-0.05, 0) is 81.6 Å². The van der Waals surface area contributed by atoms with Crippen LogP contribution in [0, 0.1) is 29.1 Å². The number of aromatic amines is 1. The van der Waals surface area contributed by atoms with Crippen molar-refractivity contribution in [2.24, 2.45) is 34.2 Å². The number of fused-ring (bicyclic) bond motifs is 7. The molecule has 6 aliphatic rings. The highest BCUT2D eigenvalue weighted by molar-refractivity contribution is 6.68. The minimum absolute atomic E-state index is 0.0513. The molecule has 0 radical (unpaired) electrons. The maximum absolute atomic E-state index is 11.3. The van der Waals surface area contributed by atoms with E-state index in [1.54, 1.807) is 0 Å². The molecule has 4 aliphatic carbocycles. The Bertz CT molecular complexity index is 1170. The highest BCUT2D eigenvalue weighted by Gasteiger charge is 2.74. The third-order valence-corrected chi connectivity index (χ3v) is 10.1. The van der Waals surface area contributed by atoms with E-state index in [9.17, 15) is 5.11 Å². The van der Waals surface area contributed by atoms with Crippen LogP contribution >= 0.6 is 0 Å². The quantitative estimate of drug-likeness (QED) is 0.702. The Labute approximate surface area is 182 Å². The Hall–Kier alpha value is -1.86. The second-order valence-corrected chi connectivity index (χ2v) is 12.0. The summed E-state index contributed by atoms with van der Waals surface area (Å²) < 4.78 is 6.30. The number of hydrogen-bond acceptors (Lipinski definition) is 5. The topological polar surface area (TPSA) is 73.7 Å². The van der Waals surface area contributed by atoms with E-state index < -0.39 is 5.60 Å². The van der Waals surface area contributed by atoms with Crippen LogP contribution in [0.4, 0.5) is 0 Å². The van der Waals surface area contributed by atoms with E-state index >= 15 is 0 Å². The molecule has 6 unspecified atom stereocenters. The summed E-state index contributed by atoms with van der Waals surface area (Å²) in [7, 11) is -0.164. The summed E-state index contributed by atoms with van der Waals surface area (Å²) in [5.41, 5.74) is 4.50. The van der Waals surface area contributed by atoms with Crippen LogP contribution in [0.5, 0.6) is 0 Å². The van der Waals surface area contributed by atoms with Crippen molar-refractivity contribution in [3.8, 4) is 0 Å². The number of nitrogens with zero attached hydrogens (tertiary/aromatic N) is 3. The van der Waals surface area contributed by atoms with Crippen molar-refractivity contribution in [1.29, 1.82) is 0 Å². The predicted molar refractivity (Wildman–Crippen MR) is 119 cm³/mol. The average molecular weight is 416 g/mol. The summed E-state index contributed by atoms with van der Waals surface area (Å²) in [6.07, 6.45) is 10.5. The number of H-pyrrole nitrogens is 1. The monoisotopic (exact) mass is 416 g/mol. The van der Waals surface area contributed by atoms with Crippen LogP contribution in [-0.2, 0) is 4.65 Å². The number of aliphatic hydroxyl groups is 1. The number of pyridine rings is 1. The maximum Gasteiger partial charge on any atom is 0.471 e. The Balaban J connectivity index is 1.35. The summed E-state index contributed by atoms with van der Waals surface area (Å²) in [6, 6.07) is 2.16. The van der Waals surface area contributed by atoms with E-state index in [2.05, 4.69) is 29.8 Å². The Morgan fingerprint density at radius 2 is 2.19 bits per heavy atom. The zero-order valence-electron chi connectivity index (χ0n) is 18.3. The molecule has 2 aliphatic heterocycles. The zero-order valence-corrected chi connectivity index (χ0v) is 18.3. The van der Waals surface area contributed by atoms with Gasteiger partial charge in [0.1, 0.15) is 5.65 Å². The van der Waals surface area contributed by atoms with Gasteiger partial charge in [-0.2, -0.15) is 5.10 Å². The number of hydrogen-bond donors (Lipinski definition) is 2. The Morgan fingerprint density at radius 3 is 3.10 bits per heavy atom. The third-order valence-electron chi connectivity index (χ3n) is 10.1. The molecule has 8 rings (SSSR count). The number of rotatable bonds is 1. The first-order valence-electron chi connectivity index (χ1n) is 12.1. The van der Waals surface area contributed by atoms with Crippen LogP contribution < -0.4 is 5.46 Å². The van der Waals surface area contributed by atoms with Gasteiger partial charge in [-0.15, -0.1) is 0 Å². The summed E-state index contributed by atoms with van der Waals surface area (Å²) in [5.74, 6) is 2.37. The number of nitrogens with one attached hydrogen (secondary N) is 1. The maximum atomic E-state index is 11.3. The Kier molecular flexibility index (Phi) is 2.96. The van der Waals surface area contributed by atoms with E-state index in [0.29, 0.717) is 23.2 Å². The van der Waals surface area contributed by atoms with E-state index in [0.717, 1.165) is 43.9 Å². The SMILES string of the molecule is CC1(C)CCOB2c3cnc4[nH]ccc4c3C(C3C4CC5(O)CC6CC3C6(C4)C5)=NN21. The van der Waals surface area contributed by atoms with Gasteiger partial charge in [0.2, 0.25) is 0 Å². The fourth-order valence-corrected chi connectivity index (χ4v) is 8.95. The van der Waals surface area contributed by atoms with E-state index in [4.69, 9.17) is 14.7 Å². The lowest BCUT2D eigenvalue weighted by Crippen LogP contribution is -2.64. The third kappa shape index (κ3) is 1.96. The normalized spacial score (nSPS) is 43.5. The van der Waals surface area contributed by atoms with Gasteiger partial charge in [0.25, 0.3) is 0 Å². The Morgan fingerprint density at radius 1 is 1.29 bits per heavy atom. The van der Waals surface area contributed by atoms with Crippen molar-refractivity contribution in [3.05, 3.63) is 24.0 Å². The van der Waals surface area contributed by atoms with Crippen molar-refractivity contribution >= 4 is 29.3 Å². The first-order valence-corrected chi connectivity index (χ1v) is 12.1. The van der Waals surface area contributed by atoms with Gasteiger partial charge in [-0.3, -0.25) is 0 Å². The largest absolute Gasteiger partial charge is 0.471 e. The lowest BCUT2D eigenvalue weighted by atomic mass is 9.53. The molecule has 2 aromatic heterocycles. The molecule has 0 amide bonds. The minimum atomic E-state index is -0.424. The summed E-state index contributed by atoms with van der Waals surface area (Å²) in [4.78, 5) is 10.3. The molecule has 160 valence electrons. The van der Waals surface area contributed by atoms with E-state index in [1.807, 2.05) is 12.4 Å². The van der Waals surface area contributed by atoms with Gasteiger partial charge in [0, 0.05) is 46.9 Å². The second-order valence-electron chi connectivity index (χ2n) is 12.0. The first-order chi connectivity index (χ1) is 14.9. The van der Waals surface area contributed by atoms with Crippen LogP contribution in [0.1, 0.15) is 57.9 Å². The van der Waals surface area contributed by atoms with E-state index in [-0.39, 0.29) is 12.6 Å². The second kappa shape index (κ2) is 5.20. The molecule has 7 heteroatoms. The fourth-order valence-electron chi connectivity index (χ4n) is 8.95. The number of hydrazone groups is 1. The van der Waals surface area contributed by atoms with Crippen molar-refractivity contribution in [2.45, 2.75) is 63.5 Å². The lowest BCUT2D eigenvalue weighted by molar-refractivity contribution is -0.0259. The summed E-state index contributed by atoms with van der Waals surface area (Å²) >= 11 is 0. The van der Waals surface area contributed by atoms with Gasteiger partial charge >= 0.3 is 7.05 Å². The van der Waals surface area contributed by atoms with Crippen molar-refractivity contribution < 1.29 is 9.76 Å². The van der Waals surface area contributed by atoms with Crippen molar-refractivity contribution in [2.75, 3.05) is 6.61 Å². The highest BCUT2D eigenvalue weighted by Crippen LogP contribution is 2.78. The molecule has 4 heterocycles. The molecule has 2 aromatic rings. The van der Waals surface area contributed by atoms with Gasteiger partial charge in [-0.1, -0.05) is 0 Å². The zero-order chi connectivity index (χ0) is 20.8. The average Bonchev–Trinajstić information content (AvgIpc) is 3.31. The van der Waals surface area contributed by atoms with Gasteiger partial charge in [0.05, 0.1) is 11.3 Å². The number of aromatic nitrogens is 2. The highest BCUT2D eigenvalue weighted by atomic mass is 16.4. The molecule has 31 heavy (non-hydrogen) atoms. The van der Waals surface area contributed by atoms with Crippen LogP contribution in [0.3, 0.4) is 0 Å². The molecule has 3 bridgehead atoms. The minimum Gasteiger partial charge on any atom is -0.412 e. The van der Waals surface area contributed by atoms with Gasteiger partial charge in [0.15, 0.2) is 0 Å². The first kappa shape index (κ1) is 17.7. The molecule has 6 atom stereocenters. The van der Waals surface area contributed by atoms with E-state index in [1.165, 1.54) is 35.0 Å². The standard InChI is InChI=1S/C24H29BN4O2/c1-22(2)4-6-31-25-17-11-27-21-15(3-5-26-21)19(17)20(28-29(22)25)18-13-8-23(30)10-14-7-16(18)24(14,9-13)12-23/h3,5,11,13-14,16,18,30H,4,6-10,12H2,1-2H3,(H,26,27). The van der Waals surface area contributed by atoms with Gasteiger partial charge < -0.3 is 19.7 Å². The summed E-state index contributed by atoms with van der Waals surface area (Å²) in [6.45, 7) is 5.31. The molecule has 1 saturated heterocycles. The molecule has 2 N–H and O–H groups in total. The van der Waals surface area contributed by atoms with Gasteiger partial charge in [-0.25, -0.2) is 4.98 Å². The lowest BCUT2D eigenvalue weighted by Gasteiger charge is -2.52. The van der Waals surface area contributed by atoms with Crippen LogP contribution in [0.15, 0.2) is 23.6 Å². The molecule has 4 saturated carbocycles. The smallest absolute Gasteiger partial charge is 0.412 e. The molecular formula is C24H29BN4O2. The molecular weight excluding hydrogens is 387 g/mol. The molecule has 6 nitrogen and oxygen atoms in total. The van der Waals surface area contributed by atoms with Crippen LogP contribution in [0.25, 0.3) is 11.0 Å². The summed E-state index contributed by atoms with van der Waals surface area (Å²) in [5, 5.41) is 17.9.